The van der Waals surface area contributed by atoms with Crippen LogP contribution in [0, 0.1) is 6.92 Å². The van der Waals surface area contributed by atoms with Crippen molar-refractivity contribution in [2.45, 2.75) is 62.2 Å². The summed E-state index contributed by atoms with van der Waals surface area (Å²) < 4.78 is 30.2. The molecule has 5 nitrogen and oxygen atoms in total. The van der Waals surface area contributed by atoms with Gasteiger partial charge < -0.3 is 5.11 Å². The minimum absolute atomic E-state index is 0.0171. The summed E-state index contributed by atoms with van der Waals surface area (Å²) >= 11 is 0. The maximum Gasteiger partial charge on any atom is 0.316 e. The third-order valence-corrected chi connectivity index (χ3v) is 7.19. The van der Waals surface area contributed by atoms with Crippen LogP contribution in [0.2, 0.25) is 0 Å². The van der Waals surface area contributed by atoms with Crippen molar-refractivity contribution >= 4 is 16.1 Å². The Kier molecular flexibility index (Phi) is 6.44. The number of carboxylic acids is 1. The second-order valence-corrected chi connectivity index (χ2v) is 9.74. The molecule has 1 unspecified atom stereocenters. The van der Waals surface area contributed by atoms with Crippen LogP contribution in [0.1, 0.15) is 61.6 Å². The van der Waals surface area contributed by atoms with E-state index in [9.17, 15) is 18.3 Å². The normalized spacial score (nSPS) is 17.6. The third kappa shape index (κ3) is 4.87. The summed E-state index contributed by atoms with van der Waals surface area (Å²) in [6, 6.07) is 13.8. The lowest BCUT2D eigenvalue weighted by Crippen LogP contribution is -2.38. The Morgan fingerprint density at radius 1 is 1.03 bits per heavy atom. The van der Waals surface area contributed by atoms with Crippen LogP contribution in [0.15, 0.2) is 53.4 Å². The van der Waals surface area contributed by atoms with Crippen LogP contribution in [0.5, 0.6) is 0 Å². The molecule has 1 aliphatic rings. The van der Waals surface area contributed by atoms with Crippen molar-refractivity contribution in [2.24, 2.45) is 0 Å². The van der Waals surface area contributed by atoms with Gasteiger partial charge in [0.05, 0.1) is 11.5 Å². The van der Waals surface area contributed by atoms with E-state index in [1.165, 1.54) is 43.9 Å². The topological polar surface area (TPSA) is 80.7 Å². The average Bonchev–Trinajstić information content (AvgIpc) is 2.73. The third-order valence-electron chi connectivity index (χ3n) is 5.91. The van der Waals surface area contributed by atoms with Crippen molar-refractivity contribution in [3.8, 4) is 0 Å². The van der Waals surface area contributed by atoms with Crippen LogP contribution >= 0.6 is 0 Å². The maximum absolute atomic E-state index is 12.5. The van der Waals surface area contributed by atoms with Crippen molar-refractivity contribution in [1.29, 1.82) is 0 Å². The van der Waals surface area contributed by atoms with E-state index in [0.29, 0.717) is 11.5 Å². The molecule has 3 rings (SSSR count). The molecule has 1 fully saturated rings. The first-order chi connectivity index (χ1) is 13.7. The molecule has 1 aliphatic carbocycles. The quantitative estimate of drug-likeness (QED) is 0.656. The molecule has 1 saturated carbocycles. The van der Waals surface area contributed by atoms with Gasteiger partial charge in [0.25, 0.3) is 10.1 Å². The number of carboxylic acid groups (broad SMARTS) is 1. The van der Waals surface area contributed by atoms with E-state index in [2.05, 4.69) is 0 Å². The largest absolute Gasteiger partial charge is 0.481 e. The van der Waals surface area contributed by atoms with Gasteiger partial charge in [0.2, 0.25) is 0 Å². The first-order valence-electron chi connectivity index (χ1n) is 10.0. The predicted molar refractivity (Wildman–Crippen MR) is 112 cm³/mol. The Hall–Kier alpha value is -2.18. The van der Waals surface area contributed by atoms with Gasteiger partial charge in [0.1, 0.15) is 5.41 Å². The molecule has 2 aromatic rings. The van der Waals surface area contributed by atoms with E-state index < -0.39 is 28.1 Å². The molecule has 2 aromatic carbocycles. The molecule has 29 heavy (non-hydrogen) atoms. The van der Waals surface area contributed by atoms with Gasteiger partial charge in [-0.25, -0.2) is 0 Å². The van der Waals surface area contributed by atoms with E-state index in [-0.39, 0.29) is 4.90 Å². The minimum Gasteiger partial charge on any atom is -0.481 e. The van der Waals surface area contributed by atoms with Crippen LogP contribution in [0.25, 0.3) is 0 Å². The fraction of sp³-hybridized carbons (Fsp3) is 0.435. The molecule has 0 amide bonds. The fourth-order valence-electron chi connectivity index (χ4n) is 3.80. The van der Waals surface area contributed by atoms with Crippen LogP contribution < -0.4 is 0 Å². The highest BCUT2D eigenvalue weighted by Crippen LogP contribution is 2.34. The van der Waals surface area contributed by atoms with Crippen molar-refractivity contribution in [3.05, 3.63) is 65.2 Å². The Morgan fingerprint density at radius 2 is 1.62 bits per heavy atom. The Bertz CT molecular complexity index is 942. The lowest BCUT2D eigenvalue weighted by molar-refractivity contribution is -0.144. The average molecular weight is 417 g/mol. The molecule has 0 heterocycles. The smallest absolute Gasteiger partial charge is 0.316 e. The summed E-state index contributed by atoms with van der Waals surface area (Å²) in [6.07, 6.45) is 6.05. The van der Waals surface area contributed by atoms with Gasteiger partial charge in [-0.15, -0.1) is 0 Å². The Labute approximate surface area is 172 Å². The molecular weight excluding hydrogens is 388 g/mol. The zero-order valence-electron chi connectivity index (χ0n) is 16.9. The molecule has 6 heteroatoms. The van der Waals surface area contributed by atoms with E-state index in [1.807, 2.05) is 19.1 Å². The van der Waals surface area contributed by atoms with Crippen molar-refractivity contribution in [3.63, 3.8) is 0 Å². The number of carbonyl (C=O) groups is 1. The van der Waals surface area contributed by atoms with Crippen LogP contribution in [-0.4, -0.2) is 26.1 Å². The first-order valence-corrected chi connectivity index (χ1v) is 11.4. The summed E-state index contributed by atoms with van der Waals surface area (Å²) in [4.78, 5) is 12.0. The zero-order valence-corrected chi connectivity index (χ0v) is 17.7. The van der Waals surface area contributed by atoms with Crippen molar-refractivity contribution in [1.82, 2.24) is 0 Å². The number of aliphatic carboxylic acids is 1. The number of hydrogen-bond acceptors (Lipinski definition) is 4. The summed E-state index contributed by atoms with van der Waals surface area (Å²) in [7, 11) is -4.04. The summed E-state index contributed by atoms with van der Waals surface area (Å²) in [6.45, 7) is 2.88. The maximum atomic E-state index is 12.5. The van der Waals surface area contributed by atoms with Crippen molar-refractivity contribution in [2.75, 3.05) is 6.61 Å². The SMILES string of the molecule is Cc1ccc(S(=O)(=O)OCC(C)(C(=O)O)c2ccc(C3CCCCC3)cc2)cc1. The fourth-order valence-corrected chi connectivity index (χ4v) is 4.79. The number of rotatable bonds is 7. The van der Waals surface area contributed by atoms with Gasteiger partial charge in [0.15, 0.2) is 0 Å². The Balaban J connectivity index is 1.78. The first kappa shape index (κ1) is 21.5. The second-order valence-electron chi connectivity index (χ2n) is 8.12. The molecule has 0 aromatic heterocycles. The molecule has 0 saturated heterocycles. The Morgan fingerprint density at radius 3 is 2.17 bits per heavy atom. The van der Waals surface area contributed by atoms with Gasteiger partial charge in [-0.2, -0.15) is 8.42 Å². The zero-order chi connectivity index (χ0) is 21.1. The highest BCUT2D eigenvalue weighted by molar-refractivity contribution is 7.86. The highest BCUT2D eigenvalue weighted by Gasteiger charge is 2.38. The minimum atomic E-state index is -4.04. The van der Waals surface area contributed by atoms with Crippen molar-refractivity contribution < 1.29 is 22.5 Å². The molecule has 0 radical (unpaired) electrons. The molecular formula is C23H28O5S. The summed E-state index contributed by atoms with van der Waals surface area (Å²) in [5.41, 5.74) is 1.21. The molecule has 1 atom stereocenters. The van der Waals surface area contributed by atoms with Gasteiger partial charge in [-0.05, 0) is 55.9 Å². The molecule has 1 N–H and O–H groups in total. The van der Waals surface area contributed by atoms with Gasteiger partial charge in [-0.1, -0.05) is 61.2 Å². The van der Waals surface area contributed by atoms with Crippen LogP contribution in [-0.2, 0) is 24.5 Å². The van der Waals surface area contributed by atoms with Gasteiger partial charge in [-0.3, -0.25) is 8.98 Å². The molecule has 0 spiro atoms. The molecule has 0 bridgehead atoms. The van der Waals surface area contributed by atoms with Crippen LogP contribution in [0.3, 0.4) is 0 Å². The monoisotopic (exact) mass is 416 g/mol. The lowest BCUT2D eigenvalue weighted by Gasteiger charge is -2.26. The van der Waals surface area contributed by atoms with E-state index in [0.717, 1.165) is 18.4 Å². The van der Waals surface area contributed by atoms with Gasteiger partial charge >= 0.3 is 5.97 Å². The second kappa shape index (κ2) is 8.67. The van der Waals surface area contributed by atoms with E-state index in [1.54, 1.807) is 24.3 Å². The standard InChI is InChI=1S/C23H28O5S/c1-17-8-14-21(15-9-17)29(26,27)28-16-23(2,22(24)25)20-12-10-19(11-13-20)18-6-4-3-5-7-18/h8-15,18H,3-7,16H2,1-2H3,(H,24,25). The summed E-state index contributed by atoms with van der Waals surface area (Å²) in [5.74, 6) is -0.603. The number of benzene rings is 2. The summed E-state index contributed by atoms with van der Waals surface area (Å²) in [5, 5.41) is 9.83. The number of aryl methyl sites for hydroxylation is 1. The predicted octanol–water partition coefficient (Wildman–Crippen LogP) is 4.79. The van der Waals surface area contributed by atoms with E-state index in [4.69, 9.17) is 4.18 Å². The van der Waals surface area contributed by atoms with Gasteiger partial charge in [0, 0.05) is 0 Å². The highest BCUT2D eigenvalue weighted by atomic mass is 32.2. The van der Waals surface area contributed by atoms with Crippen LogP contribution in [0.4, 0.5) is 0 Å². The number of hydrogen-bond donors (Lipinski definition) is 1. The van der Waals surface area contributed by atoms with E-state index >= 15 is 0 Å². The lowest BCUT2D eigenvalue weighted by atomic mass is 9.80. The molecule has 0 aliphatic heterocycles. The molecule has 156 valence electrons.